The van der Waals surface area contributed by atoms with Crippen LogP contribution in [0, 0.1) is 6.92 Å². The Balaban J connectivity index is 1.67. The Bertz CT molecular complexity index is 1430. The molecule has 4 rings (SSSR count). The number of para-hydroxylation sites is 1. The van der Waals surface area contributed by atoms with E-state index in [1.807, 2.05) is 67.9 Å². The third-order valence-electron chi connectivity index (χ3n) is 5.91. The van der Waals surface area contributed by atoms with Gasteiger partial charge < -0.3 is 11.1 Å². The quantitative estimate of drug-likeness (QED) is 0.285. The van der Waals surface area contributed by atoms with E-state index >= 15 is 0 Å². The molecule has 3 N–H and O–H groups in total. The smallest absolute Gasteiger partial charge is 0.300 e. The minimum Gasteiger partial charge on any atom is -0.404 e. The second-order valence-corrected chi connectivity index (χ2v) is 8.35. The summed E-state index contributed by atoms with van der Waals surface area (Å²) in [5, 5.41) is 3.56. The summed E-state index contributed by atoms with van der Waals surface area (Å²) in [6.07, 6.45) is 15.6. The van der Waals surface area contributed by atoms with Crippen LogP contribution in [0.1, 0.15) is 34.7 Å². The maximum Gasteiger partial charge on any atom is 0.300 e. The van der Waals surface area contributed by atoms with Gasteiger partial charge in [0.15, 0.2) is 0 Å². The van der Waals surface area contributed by atoms with Crippen LogP contribution in [0.15, 0.2) is 104 Å². The molecule has 35 heavy (non-hydrogen) atoms. The van der Waals surface area contributed by atoms with E-state index < -0.39 is 0 Å². The minimum atomic E-state index is 0.916. The summed E-state index contributed by atoms with van der Waals surface area (Å²) in [4.78, 5) is 0. The molecule has 3 nitrogen and oxygen atoms in total. The van der Waals surface area contributed by atoms with Gasteiger partial charge in [-0.2, -0.15) is 0 Å². The van der Waals surface area contributed by atoms with Crippen LogP contribution in [-0.4, -0.2) is 12.4 Å². The number of hydrogen-bond donors (Lipinski definition) is 2. The molecule has 1 heterocycles. The predicted molar refractivity (Wildman–Crippen MR) is 155 cm³/mol. The fourth-order valence-electron chi connectivity index (χ4n) is 3.95. The summed E-state index contributed by atoms with van der Waals surface area (Å²) in [7, 11) is 0. The van der Waals surface area contributed by atoms with Gasteiger partial charge in [-0.3, -0.25) is 0 Å². The minimum absolute atomic E-state index is 0.916. The highest BCUT2D eigenvalue weighted by molar-refractivity contribution is 6.17. The van der Waals surface area contributed by atoms with E-state index in [2.05, 4.69) is 72.0 Å². The lowest BCUT2D eigenvalue weighted by atomic mass is 9.96. The number of anilines is 2. The normalized spacial score (nSPS) is 13.1. The number of nitrogens with zero attached hydrogens (tertiary/aromatic N) is 1. The van der Waals surface area contributed by atoms with Crippen molar-refractivity contribution >= 4 is 46.6 Å². The van der Waals surface area contributed by atoms with Gasteiger partial charge in [0.05, 0.1) is 5.57 Å². The van der Waals surface area contributed by atoms with E-state index in [0.717, 1.165) is 50.3 Å². The molecule has 0 unspecified atom stereocenters. The third kappa shape index (κ3) is 5.67. The monoisotopic (exact) mass is 456 g/mol. The van der Waals surface area contributed by atoms with E-state index in [1.54, 1.807) is 6.20 Å². The maximum absolute atomic E-state index is 5.90. The number of rotatable bonds is 8. The van der Waals surface area contributed by atoms with Crippen LogP contribution in [-0.2, 0) is 0 Å². The van der Waals surface area contributed by atoms with Crippen LogP contribution in [0.2, 0.25) is 0 Å². The molecular weight excluding hydrogens is 426 g/mol. The molecule has 0 atom stereocenters. The zero-order valence-electron chi connectivity index (χ0n) is 20.2. The van der Waals surface area contributed by atoms with E-state index in [1.165, 1.54) is 5.56 Å². The molecular formula is C32H30N3+. The van der Waals surface area contributed by atoms with Gasteiger partial charge in [0.2, 0.25) is 0 Å². The van der Waals surface area contributed by atoms with Crippen molar-refractivity contribution in [1.82, 2.24) is 4.67 Å². The van der Waals surface area contributed by atoms with Crippen molar-refractivity contribution in [1.29, 1.82) is 0 Å². The van der Waals surface area contributed by atoms with Gasteiger partial charge in [-0.05, 0) is 71.5 Å². The Labute approximate surface area is 207 Å². The average molecular weight is 457 g/mol. The molecule has 0 aromatic heterocycles. The number of allylic oxidation sites excluding steroid dienone is 7. The lowest BCUT2D eigenvalue weighted by Gasteiger charge is -2.15. The van der Waals surface area contributed by atoms with Crippen LogP contribution in [0.25, 0.3) is 22.8 Å². The highest BCUT2D eigenvalue weighted by Crippen LogP contribution is 2.31. The van der Waals surface area contributed by atoms with E-state index in [4.69, 9.17) is 5.73 Å². The Morgan fingerprint density at radius 2 is 1.83 bits per heavy atom. The van der Waals surface area contributed by atoms with E-state index in [-0.39, 0.29) is 0 Å². The van der Waals surface area contributed by atoms with Crippen molar-refractivity contribution in [3.8, 4) is 0 Å². The van der Waals surface area contributed by atoms with Crippen LogP contribution >= 0.6 is 0 Å². The molecule has 0 saturated heterocycles. The lowest BCUT2D eigenvalue weighted by Crippen LogP contribution is -1.97. The molecule has 3 aromatic rings. The summed E-state index contributed by atoms with van der Waals surface area (Å²) in [5.74, 6) is 0. The van der Waals surface area contributed by atoms with Crippen molar-refractivity contribution < 1.29 is 0 Å². The number of aryl methyl sites for hydroxylation is 1. The molecule has 0 amide bonds. The molecule has 0 saturated carbocycles. The first kappa shape index (κ1) is 23.6. The first-order valence-electron chi connectivity index (χ1n) is 11.6. The Morgan fingerprint density at radius 1 is 1.00 bits per heavy atom. The Morgan fingerprint density at radius 3 is 2.54 bits per heavy atom. The summed E-state index contributed by atoms with van der Waals surface area (Å²) in [5.41, 5.74) is 16.5. The highest BCUT2D eigenvalue weighted by atomic mass is 14.9. The van der Waals surface area contributed by atoms with Gasteiger partial charge in [0.1, 0.15) is 0 Å². The van der Waals surface area contributed by atoms with Crippen LogP contribution in [0.3, 0.4) is 0 Å². The largest absolute Gasteiger partial charge is 0.404 e. The second-order valence-electron chi connectivity index (χ2n) is 8.35. The number of nitrogens with two attached hydrogens (primary N) is 1. The summed E-state index contributed by atoms with van der Waals surface area (Å²) >= 11 is 0. The molecule has 1 aliphatic rings. The Hall–Kier alpha value is -4.59. The first-order chi connectivity index (χ1) is 17.1. The van der Waals surface area contributed by atoms with Gasteiger partial charge in [0.25, 0.3) is 12.4 Å². The topological polar surface area (TPSA) is 52.2 Å². The van der Waals surface area contributed by atoms with Gasteiger partial charge in [-0.25, -0.2) is 0 Å². The fraction of sp³-hybridized carbons (Fsp3) is 0.0625. The lowest BCUT2D eigenvalue weighted by molar-refractivity contribution is 1.43. The van der Waals surface area contributed by atoms with Crippen LogP contribution in [0.5, 0.6) is 0 Å². The summed E-state index contributed by atoms with van der Waals surface area (Å²) < 4.78 is 4.19. The molecule has 172 valence electrons. The standard InChI is InChI=1S/C32H30N3/c1-4-8-28(21-33)27-15-16-31(32(20-27)35-30-9-6-5-7-10-30)24(3)12-13-25-19-26(14-11-23(25)2)29-17-18-34-22-29/h4-22,35H,3,33H2,1-2H3/q+1/b8-4-,13-12-,28-21+. The molecule has 0 bridgehead atoms. The van der Waals surface area contributed by atoms with Gasteiger partial charge >= 0.3 is 0 Å². The number of hydrogen-bond acceptors (Lipinski definition) is 2. The van der Waals surface area contributed by atoms with E-state index in [9.17, 15) is 0 Å². The van der Waals surface area contributed by atoms with Crippen LogP contribution < -0.4 is 15.7 Å². The first-order valence-corrected chi connectivity index (χ1v) is 11.6. The zero-order chi connectivity index (χ0) is 24.6. The molecule has 3 aromatic carbocycles. The van der Waals surface area contributed by atoms with E-state index in [0.29, 0.717) is 0 Å². The second kappa shape index (κ2) is 11.0. The zero-order valence-corrected chi connectivity index (χ0v) is 20.2. The SMILES string of the molecule is C=C(/C=C\c1cc(C2=CC=[N+]=C2)ccc1C)c1ccc(C(/C=C\C)=C/N)cc1Nc1ccccc1. The highest BCUT2D eigenvalue weighted by Gasteiger charge is 2.11. The van der Waals surface area contributed by atoms with Crippen LogP contribution in [0.4, 0.5) is 11.4 Å². The fourth-order valence-corrected chi connectivity index (χ4v) is 3.95. The molecule has 1 aliphatic heterocycles. The third-order valence-corrected chi connectivity index (χ3v) is 5.91. The molecule has 0 aliphatic carbocycles. The Kier molecular flexibility index (Phi) is 7.42. The predicted octanol–water partition coefficient (Wildman–Crippen LogP) is 6.95. The van der Waals surface area contributed by atoms with Gasteiger partial charge in [0, 0.05) is 29.2 Å². The number of benzene rings is 3. The van der Waals surface area contributed by atoms with Gasteiger partial charge in [-0.15, -0.1) is 4.67 Å². The average Bonchev–Trinajstić information content (AvgIpc) is 3.42. The molecule has 0 radical (unpaired) electrons. The molecule has 3 heteroatoms. The summed E-state index contributed by atoms with van der Waals surface area (Å²) in [6.45, 7) is 8.49. The maximum atomic E-state index is 5.90. The summed E-state index contributed by atoms with van der Waals surface area (Å²) in [6, 6.07) is 22.9. The van der Waals surface area contributed by atoms with Crippen molar-refractivity contribution in [3.05, 3.63) is 132 Å². The molecule has 0 fully saturated rings. The van der Waals surface area contributed by atoms with Crippen molar-refractivity contribution in [2.45, 2.75) is 13.8 Å². The van der Waals surface area contributed by atoms with Crippen molar-refractivity contribution in [2.24, 2.45) is 5.73 Å². The number of nitrogens with one attached hydrogen (secondary N) is 1. The molecule has 0 spiro atoms. The van der Waals surface area contributed by atoms with Crippen molar-refractivity contribution in [3.63, 3.8) is 0 Å². The van der Waals surface area contributed by atoms with Crippen molar-refractivity contribution in [2.75, 3.05) is 5.32 Å². The van der Waals surface area contributed by atoms with Gasteiger partial charge in [-0.1, -0.05) is 73.3 Å².